The van der Waals surface area contributed by atoms with Gasteiger partial charge in [-0.05, 0) is 66.2 Å². The molecule has 2 heterocycles. The molecule has 2 aliphatic rings. The predicted molar refractivity (Wildman–Crippen MR) is 88.8 cm³/mol. The van der Waals surface area contributed by atoms with Crippen molar-refractivity contribution in [3.63, 3.8) is 0 Å². The second-order valence-electron chi connectivity index (χ2n) is 5.75. The number of carbonyl (C=O) groups is 1. The lowest BCUT2D eigenvalue weighted by atomic mass is 10.0. The van der Waals surface area contributed by atoms with Crippen molar-refractivity contribution in [2.75, 3.05) is 19.6 Å². The van der Waals surface area contributed by atoms with Crippen LogP contribution in [0, 0.1) is 5.92 Å². The summed E-state index contributed by atoms with van der Waals surface area (Å²) in [5.74, 6) is 0.956. The van der Waals surface area contributed by atoms with Crippen LogP contribution in [0.2, 0.25) is 0 Å². The first-order valence-electron chi connectivity index (χ1n) is 7.37. The standard InChI is InChI=1S/C15H20BrN3O.ClH/c16-13-2-1-7-17-14(13)15(20)19-8-5-12(6-9-19)18-10-11-3-4-11;/h1-2,7,11-12,18H,3-6,8-10H2;1H. The molecule has 1 aliphatic heterocycles. The number of aromatic nitrogens is 1. The van der Waals surface area contributed by atoms with E-state index in [1.807, 2.05) is 17.0 Å². The molecule has 3 rings (SSSR count). The Labute approximate surface area is 140 Å². The van der Waals surface area contributed by atoms with Crippen molar-refractivity contribution in [2.45, 2.75) is 31.7 Å². The number of likely N-dealkylation sites (tertiary alicyclic amines) is 1. The summed E-state index contributed by atoms with van der Waals surface area (Å²) < 4.78 is 0.777. The Morgan fingerprint density at radius 2 is 2.05 bits per heavy atom. The van der Waals surface area contributed by atoms with Crippen molar-refractivity contribution in [1.29, 1.82) is 0 Å². The van der Waals surface area contributed by atoms with Crippen molar-refractivity contribution in [3.05, 3.63) is 28.5 Å². The minimum atomic E-state index is 0. The highest BCUT2D eigenvalue weighted by Gasteiger charge is 2.27. The summed E-state index contributed by atoms with van der Waals surface area (Å²) in [7, 11) is 0. The Morgan fingerprint density at radius 1 is 1.33 bits per heavy atom. The topological polar surface area (TPSA) is 45.2 Å². The number of hydrogen-bond donors (Lipinski definition) is 1. The number of pyridine rings is 1. The van der Waals surface area contributed by atoms with E-state index in [1.54, 1.807) is 6.20 Å². The van der Waals surface area contributed by atoms with Crippen LogP contribution in [0.4, 0.5) is 0 Å². The number of hydrogen-bond acceptors (Lipinski definition) is 3. The van der Waals surface area contributed by atoms with E-state index in [9.17, 15) is 4.79 Å². The Morgan fingerprint density at radius 3 is 2.67 bits per heavy atom. The van der Waals surface area contributed by atoms with Crippen molar-refractivity contribution >= 4 is 34.2 Å². The lowest BCUT2D eigenvalue weighted by molar-refractivity contribution is 0.0698. The minimum Gasteiger partial charge on any atom is -0.337 e. The molecule has 1 aromatic heterocycles. The number of piperidine rings is 1. The molecular formula is C15H21BrClN3O. The molecule has 1 saturated carbocycles. The third kappa shape index (κ3) is 4.41. The van der Waals surface area contributed by atoms with E-state index < -0.39 is 0 Å². The molecule has 116 valence electrons. The van der Waals surface area contributed by atoms with Gasteiger partial charge in [-0.25, -0.2) is 4.98 Å². The highest BCUT2D eigenvalue weighted by atomic mass is 79.9. The first kappa shape index (κ1) is 16.7. The molecule has 0 atom stereocenters. The van der Waals surface area contributed by atoms with Gasteiger partial charge in [0, 0.05) is 29.8 Å². The molecule has 0 unspecified atom stereocenters. The minimum absolute atomic E-state index is 0. The predicted octanol–water partition coefficient (Wildman–Crippen LogP) is 2.87. The van der Waals surface area contributed by atoms with Gasteiger partial charge in [-0.3, -0.25) is 4.79 Å². The van der Waals surface area contributed by atoms with Gasteiger partial charge in [-0.15, -0.1) is 12.4 Å². The smallest absolute Gasteiger partial charge is 0.273 e. The van der Waals surface area contributed by atoms with Crippen molar-refractivity contribution in [3.8, 4) is 0 Å². The second kappa shape index (κ2) is 7.56. The van der Waals surface area contributed by atoms with E-state index in [0.717, 1.165) is 42.9 Å². The lowest BCUT2D eigenvalue weighted by Gasteiger charge is -2.32. The van der Waals surface area contributed by atoms with Gasteiger partial charge in [0.25, 0.3) is 5.91 Å². The fourth-order valence-electron chi connectivity index (χ4n) is 2.63. The maximum absolute atomic E-state index is 12.4. The molecule has 21 heavy (non-hydrogen) atoms. The SMILES string of the molecule is Cl.O=C(c1ncccc1Br)N1CCC(NCC2CC2)CC1. The van der Waals surface area contributed by atoms with Crippen molar-refractivity contribution in [2.24, 2.45) is 5.92 Å². The summed E-state index contributed by atoms with van der Waals surface area (Å²) in [6.07, 6.45) is 6.53. The lowest BCUT2D eigenvalue weighted by Crippen LogP contribution is -2.45. The molecule has 1 aromatic rings. The van der Waals surface area contributed by atoms with Crippen LogP contribution in [0.1, 0.15) is 36.2 Å². The zero-order valence-electron chi connectivity index (χ0n) is 11.9. The Balaban J connectivity index is 0.00000161. The van der Waals surface area contributed by atoms with Crippen molar-refractivity contribution < 1.29 is 4.79 Å². The van der Waals surface area contributed by atoms with Crippen molar-refractivity contribution in [1.82, 2.24) is 15.2 Å². The van der Waals surface area contributed by atoms with Crippen LogP contribution in [0.15, 0.2) is 22.8 Å². The third-order valence-corrected chi connectivity index (χ3v) is 4.78. The summed E-state index contributed by atoms with van der Waals surface area (Å²) in [4.78, 5) is 18.5. The largest absolute Gasteiger partial charge is 0.337 e. The summed E-state index contributed by atoms with van der Waals surface area (Å²) in [6.45, 7) is 2.80. The second-order valence-corrected chi connectivity index (χ2v) is 6.61. The molecule has 1 N–H and O–H groups in total. The van der Waals surface area contributed by atoms with E-state index in [4.69, 9.17) is 0 Å². The van der Waals surface area contributed by atoms with Gasteiger partial charge in [-0.2, -0.15) is 0 Å². The number of amides is 1. The molecule has 0 radical (unpaired) electrons. The van der Waals surface area contributed by atoms with E-state index in [-0.39, 0.29) is 18.3 Å². The van der Waals surface area contributed by atoms with Gasteiger partial charge in [0.2, 0.25) is 0 Å². The van der Waals surface area contributed by atoms with Gasteiger partial charge in [0.15, 0.2) is 0 Å². The quantitative estimate of drug-likeness (QED) is 0.881. The Kier molecular flexibility index (Phi) is 6.02. The monoisotopic (exact) mass is 373 g/mol. The number of rotatable bonds is 4. The zero-order valence-corrected chi connectivity index (χ0v) is 14.3. The molecule has 2 fully saturated rings. The van der Waals surface area contributed by atoms with E-state index in [1.165, 1.54) is 12.8 Å². The van der Waals surface area contributed by atoms with E-state index in [0.29, 0.717) is 11.7 Å². The molecular weight excluding hydrogens is 354 g/mol. The highest BCUT2D eigenvalue weighted by Crippen LogP contribution is 2.28. The third-order valence-electron chi connectivity index (χ3n) is 4.14. The molecule has 1 aliphatic carbocycles. The van der Waals surface area contributed by atoms with Crippen LogP contribution >= 0.6 is 28.3 Å². The van der Waals surface area contributed by atoms with Gasteiger partial charge >= 0.3 is 0 Å². The highest BCUT2D eigenvalue weighted by molar-refractivity contribution is 9.10. The van der Waals surface area contributed by atoms with E-state index in [2.05, 4.69) is 26.2 Å². The molecule has 1 saturated heterocycles. The van der Waals surface area contributed by atoms with Crippen LogP contribution in [0.25, 0.3) is 0 Å². The summed E-state index contributed by atoms with van der Waals surface area (Å²) in [6, 6.07) is 4.27. The van der Waals surface area contributed by atoms with Crippen LogP contribution in [-0.2, 0) is 0 Å². The molecule has 0 spiro atoms. The first-order valence-corrected chi connectivity index (χ1v) is 8.16. The number of halogens is 2. The molecule has 0 aromatic carbocycles. The van der Waals surface area contributed by atoms with Gasteiger partial charge in [0.05, 0.1) is 0 Å². The number of carbonyl (C=O) groups excluding carboxylic acids is 1. The maximum atomic E-state index is 12.4. The van der Waals surface area contributed by atoms with Crippen LogP contribution in [-0.4, -0.2) is 41.5 Å². The van der Waals surface area contributed by atoms with Crippen LogP contribution in [0.3, 0.4) is 0 Å². The summed E-state index contributed by atoms with van der Waals surface area (Å²) >= 11 is 3.40. The fourth-order valence-corrected chi connectivity index (χ4v) is 3.06. The molecule has 0 bridgehead atoms. The van der Waals surface area contributed by atoms with Gasteiger partial charge < -0.3 is 10.2 Å². The number of nitrogens with zero attached hydrogens (tertiary/aromatic N) is 2. The average molecular weight is 375 g/mol. The van der Waals surface area contributed by atoms with Crippen LogP contribution in [0.5, 0.6) is 0 Å². The molecule has 1 amide bonds. The molecule has 4 nitrogen and oxygen atoms in total. The summed E-state index contributed by atoms with van der Waals surface area (Å²) in [5, 5.41) is 3.63. The zero-order chi connectivity index (χ0) is 13.9. The van der Waals surface area contributed by atoms with Gasteiger partial charge in [0.1, 0.15) is 5.69 Å². The van der Waals surface area contributed by atoms with E-state index >= 15 is 0 Å². The maximum Gasteiger partial charge on any atom is 0.273 e. The normalized spacial score (nSPS) is 19.2. The first-order chi connectivity index (χ1) is 9.74. The van der Waals surface area contributed by atoms with Crippen LogP contribution < -0.4 is 5.32 Å². The Bertz CT molecular complexity index is 488. The number of nitrogens with one attached hydrogen (secondary N) is 1. The average Bonchev–Trinajstić information content (AvgIpc) is 3.30. The van der Waals surface area contributed by atoms with Gasteiger partial charge in [-0.1, -0.05) is 0 Å². The molecule has 6 heteroatoms. The fraction of sp³-hybridized carbons (Fsp3) is 0.600. The summed E-state index contributed by atoms with van der Waals surface area (Å²) in [5.41, 5.74) is 0.525. The Hall–Kier alpha value is -0.650.